The molecule has 0 aromatic heterocycles. The van der Waals surface area contributed by atoms with E-state index >= 15 is 0 Å². The molecule has 0 aliphatic carbocycles. The van der Waals surface area contributed by atoms with E-state index in [9.17, 15) is 4.79 Å². The van der Waals surface area contributed by atoms with Crippen LogP contribution in [0.15, 0.2) is 0 Å². The van der Waals surface area contributed by atoms with E-state index in [0.717, 1.165) is 51.7 Å². The Hall–Kier alpha value is -0.410. The van der Waals surface area contributed by atoms with Gasteiger partial charge in [-0.05, 0) is 38.5 Å². The molecule has 2 atom stereocenters. The largest absolute Gasteiger partial charge is 0.378 e. The van der Waals surface area contributed by atoms with Crippen LogP contribution in [0.4, 0.5) is 0 Å². The zero-order chi connectivity index (χ0) is 10.5. The molecule has 2 aliphatic heterocycles. The molecular weight excluding hydrogens is 192 g/mol. The molecule has 2 rings (SSSR count). The maximum absolute atomic E-state index is 10.8. The Kier molecular flexibility index (Phi) is 4.15. The van der Waals surface area contributed by atoms with Crippen LogP contribution in [-0.2, 0) is 14.3 Å². The van der Waals surface area contributed by atoms with Gasteiger partial charge < -0.3 is 9.47 Å². The number of hydrogen-bond donors (Lipinski definition) is 0. The Morgan fingerprint density at radius 2 is 1.60 bits per heavy atom. The number of carbonyl (C=O) groups excluding carboxylic acids is 1. The summed E-state index contributed by atoms with van der Waals surface area (Å²) < 4.78 is 11.1. The molecule has 2 unspecified atom stereocenters. The topological polar surface area (TPSA) is 35.5 Å². The Bertz CT molecular complexity index is 175. The molecule has 0 bridgehead atoms. The molecule has 2 saturated heterocycles. The van der Waals surface area contributed by atoms with Crippen LogP contribution in [0.25, 0.3) is 0 Å². The minimum Gasteiger partial charge on any atom is -0.378 e. The Morgan fingerprint density at radius 3 is 1.93 bits per heavy atom. The van der Waals surface area contributed by atoms with Crippen molar-refractivity contribution in [1.29, 1.82) is 0 Å². The first-order valence-electron chi connectivity index (χ1n) is 5.99. The molecule has 0 N–H and O–H groups in total. The summed E-state index contributed by atoms with van der Waals surface area (Å²) in [5.41, 5.74) is 0. The second-order valence-corrected chi connectivity index (χ2v) is 4.56. The normalized spacial score (nSPS) is 33.1. The van der Waals surface area contributed by atoms with Crippen molar-refractivity contribution >= 4 is 6.29 Å². The molecular formula is C12H19O3. The molecule has 2 fully saturated rings. The Morgan fingerprint density at radius 1 is 1.07 bits per heavy atom. The average Bonchev–Trinajstić information content (AvgIpc) is 2.89. The molecule has 0 amide bonds. The summed E-state index contributed by atoms with van der Waals surface area (Å²) >= 11 is 0. The van der Waals surface area contributed by atoms with Crippen LogP contribution in [0.1, 0.15) is 38.5 Å². The highest BCUT2D eigenvalue weighted by atomic mass is 16.5. The van der Waals surface area contributed by atoms with Gasteiger partial charge in [-0.1, -0.05) is 0 Å². The van der Waals surface area contributed by atoms with Crippen LogP contribution in [0.2, 0.25) is 0 Å². The van der Waals surface area contributed by atoms with Crippen LogP contribution in [0, 0.1) is 5.92 Å². The van der Waals surface area contributed by atoms with E-state index in [1.54, 1.807) is 0 Å². The van der Waals surface area contributed by atoms with Gasteiger partial charge >= 0.3 is 0 Å². The predicted octanol–water partition coefficient (Wildman–Crippen LogP) is 1.85. The summed E-state index contributed by atoms with van der Waals surface area (Å²) in [5, 5.41) is 0. The van der Waals surface area contributed by atoms with Crippen molar-refractivity contribution < 1.29 is 14.3 Å². The molecule has 2 aliphatic rings. The second kappa shape index (κ2) is 5.61. The smallest absolute Gasteiger partial charge is 0.201 e. The predicted molar refractivity (Wildman–Crippen MR) is 56.4 cm³/mol. The number of ether oxygens (including phenoxy) is 2. The third-order valence-corrected chi connectivity index (χ3v) is 3.31. The fourth-order valence-corrected chi connectivity index (χ4v) is 2.49. The third kappa shape index (κ3) is 3.28. The van der Waals surface area contributed by atoms with Crippen LogP contribution in [0.3, 0.4) is 0 Å². The van der Waals surface area contributed by atoms with Gasteiger partial charge in [0.1, 0.15) is 0 Å². The zero-order valence-electron chi connectivity index (χ0n) is 9.11. The maximum Gasteiger partial charge on any atom is 0.201 e. The fraction of sp³-hybridized carbons (Fsp3) is 0.917. The summed E-state index contributed by atoms with van der Waals surface area (Å²) in [6.07, 6.45) is 8.87. The second-order valence-electron chi connectivity index (χ2n) is 4.56. The maximum atomic E-state index is 10.8. The van der Waals surface area contributed by atoms with E-state index in [0.29, 0.717) is 0 Å². The molecule has 2 heterocycles. The first kappa shape index (κ1) is 11.1. The van der Waals surface area contributed by atoms with Crippen molar-refractivity contribution in [3.8, 4) is 0 Å². The summed E-state index contributed by atoms with van der Waals surface area (Å²) in [6, 6.07) is 0. The number of hydrogen-bond acceptors (Lipinski definition) is 3. The molecule has 0 saturated carbocycles. The highest BCUT2D eigenvalue weighted by Gasteiger charge is 2.25. The first-order valence-corrected chi connectivity index (χ1v) is 5.99. The lowest BCUT2D eigenvalue weighted by atomic mass is 9.94. The van der Waals surface area contributed by atoms with Crippen molar-refractivity contribution in [3.63, 3.8) is 0 Å². The van der Waals surface area contributed by atoms with Gasteiger partial charge in [-0.2, -0.15) is 0 Å². The van der Waals surface area contributed by atoms with E-state index in [1.807, 2.05) is 0 Å². The van der Waals surface area contributed by atoms with E-state index < -0.39 is 0 Å². The van der Waals surface area contributed by atoms with Crippen molar-refractivity contribution in [2.24, 2.45) is 5.92 Å². The van der Waals surface area contributed by atoms with E-state index in [-0.39, 0.29) is 18.1 Å². The average molecular weight is 211 g/mol. The highest BCUT2D eigenvalue weighted by Crippen LogP contribution is 2.25. The van der Waals surface area contributed by atoms with Gasteiger partial charge in [0.2, 0.25) is 6.29 Å². The minimum atomic E-state index is 0.0104. The van der Waals surface area contributed by atoms with Gasteiger partial charge in [-0.15, -0.1) is 0 Å². The van der Waals surface area contributed by atoms with Gasteiger partial charge in [0.05, 0.1) is 12.2 Å². The van der Waals surface area contributed by atoms with Crippen LogP contribution >= 0.6 is 0 Å². The van der Waals surface area contributed by atoms with Crippen LogP contribution < -0.4 is 0 Å². The van der Waals surface area contributed by atoms with E-state index in [4.69, 9.17) is 9.47 Å². The quantitative estimate of drug-likeness (QED) is 0.696. The monoisotopic (exact) mass is 211 g/mol. The fourth-order valence-electron chi connectivity index (χ4n) is 2.49. The lowest BCUT2D eigenvalue weighted by Gasteiger charge is -2.17. The summed E-state index contributed by atoms with van der Waals surface area (Å²) in [6.45, 7) is 1.71. The van der Waals surface area contributed by atoms with Gasteiger partial charge in [-0.25, -0.2) is 0 Å². The van der Waals surface area contributed by atoms with Gasteiger partial charge in [0.25, 0.3) is 0 Å². The molecule has 0 aromatic carbocycles. The lowest BCUT2D eigenvalue weighted by Crippen LogP contribution is -2.19. The molecule has 1 radical (unpaired) electrons. The molecule has 0 spiro atoms. The van der Waals surface area contributed by atoms with E-state index in [2.05, 4.69) is 6.29 Å². The van der Waals surface area contributed by atoms with Crippen LogP contribution in [-0.4, -0.2) is 31.7 Å². The molecule has 3 nitrogen and oxygen atoms in total. The van der Waals surface area contributed by atoms with Crippen molar-refractivity contribution in [1.82, 2.24) is 0 Å². The van der Waals surface area contributed by atoms with Gasteiger partial charge in [0.15, 0.2) is 0 Å². The Labute approximate surface area is 91.1 Å². The SMILES string of the molecule is O=[C]C(CC1CCCO1)CC1CCCO1. The van der Waals surface area contributed by atoms with E-state index in [1.165, 1.54) is 0 Å². The number of rotatable bonds is 5. The first-order chi connectivity index (χ1) is 7.38. The van der Waals surface area contributed by atoms with Crippen molar-refractivity contribution in [3.05, 3.63) is 0 Å². The minimum absolute atomic E-state index is 0.0104. The lowest BCUT2D eigenvalue weighted by molar-refractivity contribution is 0.0714. The van der Waals surface area contributed by atoms with Crippen molar-refractivity contribution in [2.75, 3.05) is 13.2 Å². The summed E-state index contributed by atoms with van der Waals surface area (Å²) in [4.78, 5) is 10.8. The molecule has 0 aromatic rings. The summed E-state index contributed by atoms with van der Waals surface area (Å²) in [7, 11) is 0. The zero-order valence-corrected chi connectivity index (χ0v) is 9.11. The van der Waals surface area contributed by atoms with Crippen molar-refractivity contribution in [2.45, 2.75) is 50.7 Å². The molecule has 15 heavy (non-hydrogen) atoms. The summed E-state index contributed by atoms with van der Waals surface area (Å²) in [5.74, 6) is 0.0104. The Balaban J connectivity index is 1.73. The third-order valence-electron chi connectivity index (χ3n) is 3.31. The molecule has 85 valence electrons. The molecule has 3 heteroatoms. The highest BCUT2D eigenvalue weighted by molar-refractivity contribution is 5.54. The van der Waals surface area contributed by atoms with Gasteiger partial charge in [0, 0.05) is 19.1 Å². The standard InChI is InChI=1S/C12H19O3/c13-9-10(7-11-3-1-5-14-11)8-12-4-2-6-15-12/h10-12H,1-8H2. The van der Waals surface area contributed by atoms with Crippen LogP contribution in [0.5, 0.6) is 0 Å². The van der Waals surface area contributed by atoms with Gasteiger partial charge in [-0.3, -0.25) is 4.79 Å².